The molecule has 88 valence electrons. The Labute approximate surface area is 111 Å². The molecule has 0 fully saturated rings. The number of benzene rings is 2. The van der Waals surface area contributed by atoms with Gasteiger partial charge in [-0.15, -0.1) is 0 Å². The van der Waals surface area contributed by atoms with E-state index in [0.29, 0.717) is 0 Å². The fraction of sp³-hybridized carbons (Fsp3) is 0.0625. The van der Waals surface area contributed by atoms with Gasteiger partial charge in [-0.25, -0.2) is 0 Å². The van der Waals surface area contributed by atoms with Gasteiger partial charge in [-0.1, -0.05) is 48.2 Å². The van der Waals surface area contributed by atoms with Crippen molar-refractivity contribution >= 4 is 22.7 Å². The summed E-state index contributed by atoms with van der Waals surface area (Å²) in [6.07, 6.45) is 1.94. The van der Waals surface area contributed by atoms with E-state index in [1.807, 2.05) is 24.4 Å². The average molecular weight is 251 g/mol. The predicted octanol–water partition coefficient (Wildman–Crippen LogP) is 4.69. The molecule has 0 N–H and O–H groups in total. The fourth-order valence-electron chi connectivity index (χ4n) is 1.90. The van der Waals surface area contributed by atoms with Gasteiger partial charge in [0.25, 0.3) is 0 Å². The van der Waals surface area contributed by atoms with E-state index in [2.05, 4.69) is 48.3 Å². The zero-order valence-electron chi connectivity index (χ0n) is 10.1. The summed E-state index contributed by atoms with van der Waals surface area (Å²) in [6, 6.07) is 18.8. The summed E-state index contributed by atoms with van der Waals surface area (Å²) in [5.41, 5.74) is 2.35. The van der Waals surface area contributed by atoms with Gasteiger partial charge >= 0.3 is 0 Å². The molecular formula is C16H13NS. The zero-order chi connectivity index (χ0) is 12.4. The lowest BCUT2D eigenvalue weighted by Gasteiger charge is -2.05. The number of rotatable bonds is 2. The smallest absolute Gasteiger partial charge is 0.0702 e. The molecule has 0 aliphatic rings. The van der Waals surface area contributed by atoms with Gasteiger partial charge in [0.1, 0.15) is 0 Å². The summed E-state index contributed by atoms with van der Waals surface area (Å²) in [5.74, 6) is 0. The molecule has 0 saturated carbocycles. The van der Waals surface area contributed by atoms with Gasteiger partial charge in [0.2, 0.25) is 0 Å². The van der Waals surface area contributed by atoms with Crippen molar-refractivity contribution in [2.24, 2.45) is 0 Å². The van der Waals surface area contributed by atoms with Crippen LogP contribution in [0.2, 0.25) is 0 Å². The SMILES string of the molecule is Cc1ccccc1Sc1cnc2ccccc2c1. The van der Waals surface area contributed by atoms with E-state index in [1.54, 1.807) is 11.8 Å². The van der Waals surface area contributed by atoms with Crippen LogP contribution >= 0.6 is 11.8 Å². The van der Waals surface area contributed by atoms with Crippen LogP contribution in [0.25, 0.3) is 10.9 Å². The maximum absolute atomic E-state index is 4.49. The van der Waals surface area contributed by atoms with Crippen LogP contribution in [-0.2, 0) is 0 Å². The largest absolute Gasteiger partial charge is 0.255 e. The highest BCUT2D eigenvalue weighted by Gasteiger charge is 2.02. The van der Waals surface area contributed by atoms with Gasteiger partial charge in [0.05, 0.1) is 5.52 Å². The molecule has 0 spiro atoms. The molecule has 1 aromatic heterocycles. The summed E-state index contributed by atoms with van der Waals surface area (Å²) >= 11 is 1.77. The molecule has 0 bridgehead atoms. The lowest BCUT2D eigenvalue weighted by atomic mass is 10.2. The molecule has 0 aliphatic heterocycles. The summed E-state index contributed by atoms with van der Waals surface area (Å²) in [4.78, 5) is 6.96. The Hall–Kier alpha value is -1.80. The fourth-order valence-corrected chi connectivity index (χ4v) is 2.83. The molecule has 0 atom stereocenters. The molecule has 2 aromatic carbocycles. The summed E-state index contributed by atoms with van der Waals surface area (Å²) in [7, 11) is 0. The summed E-state index contributed by atoms with van der Waals surface area (Å²) in [5, 5.41) is 1.19. The van der Waals surface area contributed by atoms with Gasteiger partial charge in [-0.2, -0.15) is 0 Å². The van der Waals surface area contributed by atoms with Crippen LogP contribution in [-0.4, -0.2) is 4.98 Å². The van der Waals surface area contributed by atoms with Crippen LogP contribution in [0.3, 0.4) is 0 Å². The van der Waals surface area contributed by atoms with E-state index in [4.69, 9.17) is 0 Å². The van der Waals surface area contributed by atoms with Crippen LogP contribution in [0, 0.1) is 6.92 Å². The number of pyridine rings is 1. The third kappa shape index (κ3) is 2.24. The van der Waals surface area contributed by atoms with E-state index in [9.17, 15) is 0 Å². The second-order valence-electron chi connectivity index (χ2n) is 4.23. The number of fused-ring (bicyclic) bond motifs is 1. The minimum atomic E-state index is 1.05. The Morgan fingerprint density at radius 2 is 1.72 bits per heavy atom. The van der Waals surface area contributed by atoms with E-state index in [1.165, 1.54) is 20.7 Å². The second-order valence-corrected chi connectivity index (χ2v) is 5.35. The Balaban J connectivity index is 1.98. The number of nitrogens with zero attached hydrogens (tertiary/aromatic N) is 1. The number of hydrogen-bond donors (Lipinski definition) is 0. The van der Waals surface area contributed by atoms with Crippen molar-refractivity contribution < 1.29 is 0 Å². The van der Waals surface area contributed by atoms with E-state index in [-0.39, 0.29) is 0 Å². The van der Waals surface area contributed by atoms with Crippen molar-refractivity contribution in [2.75, 3.05) is 0 Å². The van der Waals surface area contributed by atoms with Crippen LogP contribution in [0.4, 0.5) is 0 Å². The minimum Gasteiger partial charge on any atom is -0.255 e. The number of para-hydroxylation sites is 1. The number of aryl methyl sites for hydroxylation is 1. The lowest BCUT2D eigenvalue weighted by molar-refractivity contribution is 1.27. The molecule has 1 nitrogen and oxygen atoms in total. The normalized spacial score (nSPS) is 10.7. The van der Waals surface area contributed by atoms with Gasteiger partial charge < -0.3 is 0 Å². The first kappa shape index (κ1) is 11.3. The molecule has 0 unspecified atom stereocenters. The van der Waals surface area contributed by atoms with E-state index < -0.39 is 0 Å². The minimum absolute atomic E-state index is 1.05. The molecule has 0 radical (unpaired) electrons. The van der Waals surface area contributed by atoms with Crippen LogP contribution in [0.15, 0.2) is 70.6 Å². The quantitative estimate of drug-likeness (QED) is 0.655. The molecule has 0 saturated heterocycles. The van der Waals surface area contributed by atoms with Crippen molar-refractivity contribution in [3.05, 3.63) is 66.4 Å². The van der Waals surface area contributed by atoms with Crippen LogP contribution < -0.4 is 0 Å². The standard InChI is InChI=1S/C16H13NS/c1-12-6-2-5-9-16(12)18-14-10-13-7-3-4-8-15(13)17-11-14/h2-11H,1H3. The Bertz CT molecular complexity index is 691. The summed E-state index contributed by atoms with van der Waals surface area (Å²) in [6.45, 7) is 2.14. The number of aromatic nitrogens is 1. The summed E-state index contributed by atoms with van der Waals surface area (Å²) < 4.78 is 0. The molecule has 18 heavy (non-hydrogen) atoms. The van der Waals surface area contributed by atoms with E-state index in [0.717, 1.165) is 5.52 Å². The molecule has 0 amide bonds. The van der Waals surface area contributed by atoms with Crippen molar-refractivity contribution in [3.63, 3.8) is 0 Å². The second kappa shape index (κ2) is 4.83. The topological polar surface area (TPSA) is 12.9 Å². The van der Waals surface area contributed by atoms with Crippen LogP contribution in [0.5, 0.6) is 0 Å². The first-order valence-corrected chi connectivity index (χ1v) is 6.73. The molecule has 2 heteroatoms. The first-order chi connectivity index (χ1) is 8.83. The van der Waals surface area contributed by atoms with Crippen molar-refractivity contribution in [3.8, 4) is 0 Å². The lowest BCUT2D eigenvalue weighted by Crippen LogP contribution is -1.82. The average Bonchev–Trinajstić information content (AvgIpc) is 2.41. The Morgan fingerprint density at radius 3 is 2.61 bits per heavy atom. The Kier molecular flexibility index (Phi) is 3.03. The van der Waals surface area contributed by atoms with Gasteiger partial charge in [-0.3, -0.25) is 4.98 Å². The van der Waals surface area contributed by atoms with E-state index >= 15 is 0 Å². The molecule has 1 heterocycles. The highest BCUT2D eigenvalue weighted by molar-refractivity contribution is 7.99. The Morgan fingerprint density at radius 1 is 0.944 bits per heavy atom. The van der Waals surface area contributed by atoms with Crippen molar-refractivity contribution in [1.82, 2.24) is 4.98 Å². The first-order valence-electron chi connectivity index (χ1n) is 5.91. The van der Waals surface area contributed by atoms with Gasteiger partial charge in [0, 0.05) is 21.4 Å². The molecule has 3 aromatic rings. The maximum atomic E-state index is 4.49. The molecular weight excluding hydrogens is 238 g/mol. The van der Waals surface area contributed by atoms with Gasteiger partial charge in [0.15, 0.2) is 0 Å². The van der Waals surface area contributed by atoms with Gasteiger partial charge in [-0.05, 0) is 30.7 Å². The highest BCUT2D eigenvalue weighted by atomic mass is 32.2. The molecule has 3 rings (SSSR count). The van der Waals surface area contributed by atoms with Crippen molar-refractivity contribution in [1.29, 1.82) is 0 Å². The third-order valence-electron chi connectivity index (χ3n) is 2.89. The third-order valence-corrected chi connectivity index (χ3v) is 4.02. The predicted molar refractivity (Wildman–Crippen MR) is 77.0 cm³/mol. The molecule has 0 aliphatic carbocycles. The maximum Gasteiger partial charge on any atom is 0.0702 e. The number of hydrogen-bond acceptors (Lipinski definition) is 2. The zero-order valence-corrected chi connectivity index (χ0v) is 10.9. The highest BCUT2D eigenvalue weighted by Crippen LogP contribution is 2.30. The van der Waals surface area contributed by atoms with Crippen molar-refractivity contribution in [2.45, 2.75) is 16.7 Å². The monoisotopic (exact) mass is 251 g/mol. The van der Waals surface area contributed by atoms with Crippen LogP contribution in [0.1, 0.15) is 5.56 Å².